The molecule has 1 fully saturated rings. The number of hydrogen-bond acceptors (Lipinski definition) is 3. The monoisotopic (exact) mass is 381 g/mol. The molecule has 2 N–H and O–H groups in total. The largest absolute Gasteiger partial charge is 0.341 e. The molecule has 1 aromatic carbocycles. The Hall–Kier alpha value is -0.520. The van der Waals surface area contributed by atoms with E-state index in [2.05, 4.69) is 17.0 Å². The van der Waals surface area contributed by atoms with Gasteiger partial charge in [0.05, 0.1) is 0 Å². The Morgan fingerprint density at radius 1 is 1.17 bits per heavy atom. The van der Waals surface area contributed by atoms with Crippen LogP contribution in [0.3, 0.4) is 0 Å². The van der Waals surface area contributed by atoms with Crippen molar-refractivity contribution >= 4 is 42.3 Å². The van der Waals surface area contributed by atoms with E-state index in [4.69, 9.17) is 17.3 Å². The minimum absolute atomic E-state index is 0. The second-order valence-electron chi connectivity index (χ2n) is 5.72. The Balaban J connectivity index is 0.00000242. The van der Waals surface area contributed by atoms with Gasteiger partial charge in [-0.15, -0.1) is 24.8 Å². The Bertz CT molecular complexity index is 470. The summed E-state index contributed by atoms with van der Waals surface area (Å²) in [6, 6.07) is 7.97. The van der Waals surface area contributed by atoms with Gasteiger partial charge in [-0.05, 0) is 24.1 Å². The number of carbonyl (C=O) groups is 1. The summed E-state index contributed by atoms with van der Waals surface area (Å²) in [6.07, 6.45) is 1.01. The molecular weight excluding hydrogens is 357 g/mol. The molecule has 0 spiro atoms. The van der Waals surface area contributed by atoms with Gasteiger partial charge in [0.15, 0.2) is 0 Å². The van der Waals surface area contributed by atoms with Crippen LogP contribution in [0, 0.1) is 5.92 Å². The van der Waals surface area contributed by atoms with Crippen molar-refractivity contribution in [1.29, 1.82) is 0 Å². The van der Waals surface area contributed by atoms with Gasteiger partial charge in [-0.2, -0.15) is 0 Å². The first-order valence-corrected chi connectivity index (χ1v) is 7.93. The highest BCUT2D eigenvalue weighted by atomic mass is 35.5. The first-order chi connectivity index (χ1) is 10.1. The topological polar surface area (TPSA) is 49.6 Å². The summed E-state index contributed by atoms with van der Waals surface area (Å²) in [4.78, 5) is 16.5. The van der Waals surface area contributed by atoms with E-state index < -0.39 is 0 Å². The summed E-state index contributed by atoms with van der Waals surface area (Å²) in [5, 5.41) is 0.766. The average Bonchev–Trinajstić information content (AvgIpc) is 2.73. The molecule has 4 nitrogen and oxygen atoms in total. The van der Waals surface area contributed by atoms with Crippen molar-refractivity contribution in [3.8, 4) is 0 Å². The number of nitrogens with zero attached hydrogens (tertiary/aromatic N) is 2. The summed E-state index contributed by atoms with van der Waals surface area (Å²) in [5.74, 6) is 0.110. The number of benzene rings is 1. The molecule has 2 rings (SSSR count). The maximum absolute atomic E-state index is 12.2. The Morgan fingerprint density at radius 2 is 1.83 bits per heavy atom. The second kappa shape index (κ2) is 11.1. The van der Waals surface area contributed by atoms with Crippen LogP contribution in [-0.2, 0) is 11.3 Å². The van der Waals surface area contributed by atoms with Gasteiger partial charge in [0.1, 0.15) is 0 Å². The summed E-state index contributed by atoms with van der Waals surface area (Å²) in [7, 11) is 0. The van der Waals surface area contributed by atoms with Crippen LogP contribution in [0.5, 0.6) is 0 Å². The zero-order valence-corrected chi connectivity index (χ0v) is 15.8. The lowest BCUT2D eigenvalue weighted by atomic mass is 10.1. The van der Waals surface area contributed by atoms with Crippen LogP contribution >= 0.6 is 36.4 Å². The first-order valence-electron chi connectivity index (χ1n) is 7.56. The van der Waals surface area contributed by atoms with E-state index in [0.29, 0.717) is 6.54 Å². The quantitative estimate of drug-likeness (QED) is 0.871. The fourth-order valence-corrected chi connectivity index (χ4v) is 2.74. The minimum atomic E-state index is -0.0761. The number of nitrogens with two attached hydrogens (primary N) is 1. The molecule has 1 atom stereocenters. The summed E-state index contributed by atoms with van der Waals surface area (Å²) in [5.41, 5.74) is 6.85. The van der Waals surface area contributed by atoms with Gasteiger partial charge in [-0.25, -0.2) is 0 Å². The fourth-order valence-electron chi connectivity index (χ4n) is 2.61. The standard InChI is InChI=1S/C16H24ClN3O.2ClH/c1-13(11-18)16(21)20-8-2-7-19(9-10-20)12-14-3-5-15(17)6-4-14;;/h3-6,13H,2,7-12,18H2,1H3;2*1H. The van der Waals surface area contributed by atoms with Crippen molar-refractivity contribution in [2.24, 2.45) is 11.7 Å². The second-order valence-corrected chi connectivity index (χ2v) is 6.15. The minimum Gasteiger partial charge on any atom is -0.341 e. The number of amides is 1. The molecule has 1 aromatic rings. The van der Waals surface area contributed by atoms with Crippen molar-refractivity contribution < 1.29 is 4.79 Å². The third-order valence-electron chi connectivity index (χ3n) is 3.99. The van der Waals surface area contributed by atoms with Gasteiger partial charge >= 0.3 is 0 Å². The lowest BCUT2D eigenvalue weighted by Gasteiger charge is -2.24. The van der Waals surface area contributed by atoms with Crippen LogP contribution in [-0.4, -0.2) is 48.4 Å². The van der Waals surface area contributed by atoms with Crippen molar-refractivity contribution in [2.45, 2.75) is 19.9 Å². The molecule has 0 aromatic heterocycles. The average molecular weight is 383 g/mol. The highest BCUT2D eigenvalue weighted by Gasteiger charge is 2.22. The summed E-state index contributed by atoms with van der Waals surface area (Å²) < 4.78 is 0. The Kier molecular flexibility index (Phi) is 10.9. The number of halogens is 3. The zero-order chi connectivity index (χ0) is 15.2. The predicted molar refractivity (Wildman–Crippen MR) is 101 cm³/mol. The molecule has 1 amide bonds. The molecule has 0 bridgehead atoms. The molecule has 0 aliphatic carbocycles. The SMILES string of the molecule is CC(CN)C(=O)N1CCCN(Cc2ccc(Cl)cc2)CC1.Cl.Cl. The van der Waals surface area contributed by atoms with Crippen LogP contribution in [0.15, 0.2) is 24.3 Å². The molecule has 1 aliphatic rings. The Labute approximate surface area is 156 Å². The van der Waals surface area contributed by atoms with Gasteiger partial charge in [0, 0.05) is 50.2 Å². The normalized spacial score (nSPS) is 16.7. The third-order valence-corrected chi connectivity index (χ3v) is 4.25. The van der Waals surface area contributed by atoms with Crippen LogP contribution in [0.1, 0.15) is 18.9 Å². The van der Waals surface area contributed by atoms with Crippen molar-refractivity contribution in [2.75, 3.05) is 32.7 Å². The van der Waals surface area contributed by atoms with E-state index in [1.807, 2.05) is 24.0 Å². The molecule has 1 saturated heterocycles. The van der Waals surface area contributed by atoms with Crippen LogP contribution < -0.4 is 5.73 Å². The van der Waals surface area contributed by atoms with E-state index in [9.17, 15) is 4.79 Å². The molecule has 132 valence electrons. The lowest BCUT2D eigenvalue weighted by molar-refractivity contribution is -0.134. The molecule has 1 heterocycles. The molecule has 7 heteroatoms. The molecule has 1 aliphatic heterocycles. The van der Waals surface area contributed by atoms with Crippen molar-refractivity contribution in [1.82, 2.24) is 9.80 Å². The summed E-state index contributed by atoms with van der Waals surface area (Å²) in [6.45, 7) is 6.78. The van der Waals surface area contributed by atoms with E-state index in [1.165, 1.54) is 5.56 Å². The van der Waals surface area contributed by atoms with Crippen LogP contribution in [0.25, 0.3) is 0 Å². The van der Waals surface area contributed by atoms with E-state index in [1.54, 1.807) is 0 Å². The number of rotatable bonds is 4. The van der Waals surface area contributed by atoms with Crippen molar-refractivity contribution in [3.63, 3.8) is 0 Å². The highest BCUT2D eigenvalue weighted by Crippen LogP contribution is 2.14. The Morgan fingerprint density at radius 3 is 2.43 bits per heavy atom. The fraction of sp³-hybridized carbons (Fsp3) is 0.562. The van der Waals surface area contributed by atoms with E-state index in [-0.39, 0.29) is 36.6 Å². The van der Waals surface area contributed by atoms with Gasteiger partial charge in [0.2, 0.25) is 5.91 Å². The van der Waals surface area contributed by atoms with Crippen molar-refractivity contribution in [3.05, 3.63) is 34.9 Å². The smallest absolute Gasteiger partial charge is 0.226 e. The molecule has 23 heavy (non-hydrogen) atoms. The van der Waals surface area contributed by atoms with Gasteiger partial charge in [-0.3, -0.25) is 9.69 Å². The zero-order valence-electron chi connectivity index (χ0n) is 13.4. The molecule has 0 saturated carbocycles. The summed E-state index contributed by atoms with van der Waals surface area (Å²) >= 11 is 5.91. The van der Waals surface area contributed by atoms with Gasteiger partial charge in [0.25, 0.3) is 0 Å². The number of hydrogen-bond donors (Lipinski definition) is 1. The van der Waals surface area contributed by atoms with Crippen LogP contribution in [0.4, 0.5) is 0 Å². The maximum Gasteiger partial charge on any atom is 0.226 e. The molecular formula is C16H26Cl3N3O. The lowest BCUT2D eigenvalue weighted by Crippen LogP contribution is -2.40. The van der Waals surface area contributed by atoms with Gasteiger partial charge in [-0.1, -0.05) is 30.7 Å². The highest BCUT2D eigenvalue weighted by molar-refractivity contribution is 6.30. The van der Waals surface area contributed by atoms with E-state index in [0.717, 1.165) is 44.2 Å². The van der Waals surface area contributed by atoms with Gasteiger partial charge < -0.3 is 10.6 Å². The van der Waals surface area contributed by atoms with E-state index >= 15 is 0 Å². The predicted octanol–water partition coefficient (Wildman–Crippen LogP) is 2.81. The third kappa shape index (κ3) is 6.86. The first kappa shape index (κ1) is 22.5. The number of carbonyl (C=O) groups excluding carboxylic acids is 1. The molecule has 1 unspecified atom stereocenters. The maximum atomic E-state index is 12.2. The van der Waals surface area contributed by atoms with Crippen LogP contribution in [0.2, 0.25) is 5.02 Å². The molecule has 0 radical (unpaired) electrons.